The standard InChI is InChI=1S/C14H18ClIN2O/c1-18-6-2-3-10(9-18)8-17-14(19)12-7-11(15)4-5-13(12)16/h4-5,7,10H,2-3,6,8-9H2,1H3,(H,17,19). The minimum atomic E-state index is -0.0277. The summed E-state index contributed by atoms with van der Waals surface area (Å²) in [5, 5.41) is 3.63. The van der Waals surface area contributed by atoms with Gasteiger partial charge in [-0.2, -0.15) is 0 Å². The maximum atomic E-state index is 12.2. The average molecular weight is 393 g/mol. The molecule has 5 heteroatoms. The van der Waals surface area contributed by atoms with E-state index in [1.807, 2.05) is 6.07 Å². The topological polar surface area (TPSA) is 32.3 Å². The van der Waals surface area contributed by atoms with E-state index in [0.29, 0.717) is 16.5 Å². The van der Waals surface area contributed by atoms with E-state index in [1.54, 1.807) is 12.1 Å². The number of hydrogen-bond acceptors (Lipinski definition) is 2. The first-order valence-corrected chi connectivity index (χ1v) is 7.93. The van der Waals surface area contributed by atoms with Crippen LogP contribution in [0.25, 0.3) is 0 Å². The Labute approximate surface area is 132 Å². The summed E-state index contributed by atoms with van der Waals surface area (Å²) >= 11 is 8.10. The van der Waals surface area contributed by atoms with Crippen LogP contribution in [0.2, 0.25) is 5.02 Å². The Balaban J connectivity index is 1.92. The second-order valence-corrected chi connectivity index (χ2v) is 6.70. The number of amides is 1. The predicted molar refractivity (Wildman–Crippen MR) is 86.7 cm³/mol. The summed E-state index contributed by atoms with van der Waals surface area (Å²) in [5.41, 5.74) is 0.664. The minimum Gasteiger partial charge on any atom is -0.352 e. The van der Waals surface area contributed by atoms with Crippen LogP contribution in [0.15, 0.2) is 18.2 Å². The van der Waals surface area contributed by atoms with Crippen LogP contribution in [-0.2, 0) is 0 Å². The van der Waals surface area contributed by atoms with Crippen molar-refractivity contribution in [2.75, 3.05) is 26.7 Å². The number of carbonyl (C=O) groups excluding carboxylic acids is 1. The van der Waals surface area contributed by atoms with Crippen LogP contribution >= 0.6 is 34.2 Å². The van der Waals surface area contributed by atoms with Gasteiger partial charge in [0.15, 0.2) is 0 Å². The summed E-state index contributed by atoms with van der Waals surface area (Å²) in [7, 11) is 2.13. The van der Waals surface area contributed by atoms with E-state index in [1.165, 1.54) is 12.8 Å². The molecule has 0 saturated carbocycles. The molecule has 1 aliphatic rings. The molecule has 1 saturated heterocycles. The van der Waals surface area contributed by atoms with Gasteiger partial charge in [0, 0.05) is 21.7 Å². The summed E-state index contributed by atoms with van der Waals surface area (Å²) < 4.78 is 0.931. The van der Waals surface area contributed by atoms with Gasteiger partial charge in [-0.3, -0.25) is 4.79 Å². The fourth-order valence-electron chi connectivity index (χ4n) is 2.44. The van der Waals surface area contributed by atoms with Gasteiger partial charge in [0.1, 0.15) is 0 Å². The first kappa shape index (κ1) is 15.1. The minimum absolute atomic E-state index is 0.0277. The van der Waals surface area contributed by atoms with E-state index in [4.69, 9.17) is 11.6 Å². The molecule has 3 nitrogen and oxygen atoms in total. The molecule has 1 atom stereocenters. The van der Waals surface area contributed by atoms with E-state index in [-0.39, 0.29) is 5.91 Å². The zero-order valence-electron chi connectivity index (χ0n) is 11.0. The van der Waals surface area contributed by atoms with Gasteiger partial charge < -0.3 is 10.2 Å². The molecule has 1 amide bonds. The molecule has 2 rings (SSSR count). The molecule has 104 valence electrons. The van der Waals surface area contributed by atoms with Gasteiger partial charge in [-0.25, -0.2) is 0 Å². The monoisotopic (exact) mass is 392 g/mol. The van der Waals surface area contributed by atoms with Crippen molar-refractivity contribution in [3.05, 3.63) is 32.4 Å². The van der Waals surface area contributed by atoms with Crippen molar-refractivity contribution in [1.82, 2.24) is 10.2 Å². The molecule has 1 aliphatic heterocycles. The average Bonchev–Trinajstić information content (AvgIpc) is 2.39. The van der Waals surface area contributed by atoms with Crippen molar-refractivity contribution >= 4 is 40.1 Å². The summed E-state index contributed by atoms with van der Waals surface area (Å²) in [4.78, 5) is 14.5. The Bertz CT molecular complexity index is 467. The van der Waals surface area contributed by atoms with Gasteiger partial charge in [0.25, 0.3) is 5.91 Å². The Morgan fingerprint density at radius 3 is 3.11 bits per heavy atom. The van der Waals surface area contributed by atoms with Crippen molar-refractivity contribution in [1.29, 1.82) is 0 Å². The summed E-state index contributed by atoms with van der Waals surface area (Å²) in [5.74, 6) is 0.527. The molecule has 0 aromatic heterocycles. The maximum absolute atomic E-state index is 12.2. The number of nitrogens with one attached hydrogen (secondary N) is 1. The third-order valence-electron chi connectivity index (χ3n) is 3.45. The molecule has 1 aromatic carbocycles. The summed E-state index contributed by atoms with van der Waals surface area (Å²) in [6.45, 7) is 2.97. The van der Waals surface area contributed by atoms with Crippen LogP contribution in [0.1, 0.15) is 23.2 Å². The van der Waals surface area contributed by atoms with Crippen LogP contribution in [-0.4, -0.2) is 37.5 Å². The van der Waals surface area contributed by atoms with Crippen LogP contribution < -0.4 is 5.32 Å². The second kappa shape index (κ2) is 6.90. The lowest BCUT2D eigenvalue weighted by Crippen LogP contribution is -2.39. The van der Waals surface area contributed by atoms with Crippen molar-refractivity contribution in [2.24, 2.45) is 5.92 Å². The van der Waals surface area contributed by atoms with Crippen LogP contribution in [0, 0.1) is 9.49 Å². The molecule has 1 N–H and O–H groups in total. The fourth-order valence-corrected chi connectivity index (χ4v) is 3.20. The quantitative estimate of drug-likeness (QED) is 0.802. The molecule has 0 radical (unpaired) electrons. The van der Waals surface area contributed by atoms with E-state index >= 15 is 0 Å². The number of rotatable bonds is 3. The highest BCUT2D eigenvalue weighted by atomic mass is 127. The van der Waals surface area contributed by atoms with Gasteiger partial charge in [0.2, 0.25) is 0 Å². The largest absolute Gasteiger partial charge is 0.352 e. The molecule has 1 unspecified atom stereocenters. The highest BCUT2D eigenvalue weighted by molar-refractivity contribution is 14.1. The number of likely N-dealkylation sites (tertiary alicyclic amines) is 1. The Hall–Kier alpha value is -0.330. The first-order valence-electron chi connectivity index (χ1n) is 6.48. The molecule has 0 spiro atoms. The SMILES string of the molecule is CN1CCCC(CNC(=O)c2cc(Cl)ccc2I)C1. The lowest BCUT2D eigenvalue weighted by Gasteiger charge is -2.29. The molecule has 1 fully saturated rings. The molecular weight excluding hydrogens is 375 g/mol. The van der Waals surface area contributed by atoms with Crippen LogP contribution in [0.3, 0.4) is 0 Å². The van der Waals surface area contributed by atoms with Crippen molar-refractivity contribution in [3.8, 4) is 0 Å². The Morgan fingerprint density at radius 2 is 2.37 bits per heavy atom. The Morgan fingerprint density at radius 1 is 1.58 bits per heavy atom. The van der Waals surface area contributed by atoms with Gasteiger partial charge in [-0.15, -0.1) is 0 Å². The molecular formula is C14H18ClIN2O. The Kier molecular flexibility index (Phi) is 5.47. The molecule has 0 aliphatic carbocycles. The van der Waals surface area contributed by atoms with E-state index < -0.39 is 0 Å². The number of halogens is 2. The highest BCUT2D eigenvalue weighted by Crippen LogP contribution is 2.18. The zero-order valence-corrected chi connectivity index (χ0v) is 13.9. The van der Waals surface area contributed by atoms with E-state index in [0.717, 1.165) is 23.2 Å². The lowest BCUT2D eigenvalue weighted by molar-refractivity contribution is 0.0936. The van der Waals surface area contributed by atoms with Crippen LogP contribution in [0.4, 0.5) is 0 Å². The van der Waals surface area contributed by atoms with Gasteiger partial charge in [0.05, 0.1) is 5.56 Å². The third kappa shape index (κ3) is 4.33. The summed E-state index contributed by atoms with van der Waals surface area (Å²) in [6, 6.07) is 5.40. The number of benzene rings is 1. The molecule has 19 heavy (non-hydrogen) atoms. The predicted octanol–water partition coefficient (Wildman–Crippen LogP) is 3.02. The third-order valence-corrected chi connectivity index (χ3v) is 4.62. The smallest absolute Gasteiger partial charge is 0.252 e. The van der Waals surface area contributed by atoms with Gasteiger partial charge >= 0.3 is 0 Å². The normalized spacial score (nSPS) is 20.3. The van der Waals surface area contributed by atoms with E-state index in [2.05, 4.69) is 39.9 Å². The van der Waals surface area contributed by atoms with E-state index in [9.17, 15) is 4.79 Å². The molecule has 1 heterocycles. The number of carbonyl (C=O) groups is 1. The highest BCUT2D eigenvalue weighted by Gasteiger charge is 2.18. The van der Waals surface area contributed by atoms with Gasteiger partial charge in [-0.05, 0) is 73.1 Å². The number of nitrogens with zero attached hydrogens (tertiary/aromatic N) is 1. The lowest BCUT2D eigenvalue weighted by atomic mass is 9.98. The first-order chi connectivity index (χ1) is 9.06. The van der Waals surface area contributed by atoms with Crippen LogP contribution in [0.5, 0.6) is 0 Å². The zero-order chi connectivity index (χ0) is 13.8. The molecule has 1 aromatic rings. The fraction of sp³-hybridized carbons (Fsp3) is 0.500. The molecule has 0 bridgehead atoms. The van der Waals surface area contributed by atoms with Crippen molar-refractivity contribution in [3.63, 3.8) is 0 Å². The maximum Gasteiger partial charge on any atom is 0.252 e. The number of hydrogen-bond donors (Lipinski definition) is 1. The van der Waals surface area contributed by atoms with Crippen molar-refractivity contribution < 1.29 is 4.79 Å². The second-order valence-electron chi connectivity index (χ2n) is 5.10. The number of piperidine rings is 1. The van der Waals surface area contributed by atoms with Gasteiger partial charge in [-0.1, -0.05) is 11.6 Å². The summed E-state index contributed by atoms with van der Waals surface area (Å²) in [6.07, 6.45) is 2.41. The van der Waals surface area contributed by atoms with Crippen molar-refractivity contribution in [2.45, 2.75) is 12.8 Å².